The SMILES string of the molecule is CN(c1c(N)cccc1C(N)=O)C(C)(C)CO. The molecule has 94 valence electrons. The van der Waals surface area contributed by atoms with Crippen molar-refractivity contribution in [3.05, 3.63) is 23.8 Å². The lowest BCUT2D eigenvalue weighted by Crippen LogP contribution is -2.45. The Kier molecular flexibility index (Phi) is 3.63. The third-order valence-electron chi connectivity index (χ3n) is 2.96. The number of hydrogen-bond donors (Lipinski definition) is 3. The van der Waals surface area contributed by atoms with Crippen molar-refractivity contribution in [3.8, 4) is 0 Å². The van der Waals surface area contributed by atoms with E-state index in [1.165, 1.54) is 0 Å². The van der Waals surface area contributed by atoms with Crippen LogP contribution < -0.4 is 16.4 Å². The Morgan fingerprint density at radius 1 is 1.47 bits per heavy atom. The highest BCUT2D eigenvalue weighted by Crippen LogP contribution is 2.31. The molecule has 0 aliphatic carbocycles. The molecule has 0 unspecified atom stereocenters. The van der Waals surface area contributed by atoms with Crippen molar-refractivity contribution in [2.24, 2.45) is 5.73 Å². The molecule has 0 atom stereocenters. The van der Waals surface area contributed by atoms with Crippen LogP contribution in [0.3, 0.4) is 0 Å². The molecule has 5 nitrogen and oxygen atoms in total. The van der Waals surface area contributed by atoms with Crippen LogP contribution in [-0.2, 0) is 0 Å². The van der Waals surface area contributed by atoms with Gasteiger partial charge in [0, 0.05) is 7.05 Å². The molecular weight excluding hydrogens is 218 g/mol. The molecule has 1 rings (SSSR count). The number of carbonyl (C=O) groups is 1. The first-order valence-electron chi connectivity index (χ1n) is 5.34. The third-order valence-corrected chi connectivity index (χ3v) is 2.96. The maximum Gasteiger partial charge on any atom is 0.250 e. The molecule has 0 aliphatic rings. The topological polar surface area (TPSA) is 92.6 Å². The molecule has 1 aromatic carbocycles. The Balaban J connectivity index is 3.34. The van der Waals surface area contributed by atoms with Gasteiger partial charge in [-0.3, -0.25) is 4.79 Å². The second-order valence-corrected chi connectivity index (χ2v) is 4.64. The average molecular weight is 237 g/mol. The Labute approximate surface area is 101 Å². The van der Waals surface area contributed by atoms with Crippen LogP contribution in [0.25, 0.3) is 0 Å². The number of nitrogens with zero attached hydrogens (tertiary/aromatic N) is 1. The minimum absolute atomic E-state index is 0.0595. The number of primary amides is 1. The quantitative estimate of drug-likeness (QED) is 0.668. The van der Waals surface area contributed by atoms with E-state index >= 15 is 0 Å². The van der Waals surface area contributed by atoms with E-state index in [4.69, 9.17) is 11.5 Å². The van der Waals surface area contributed by atoms with Gasteiger partial charge in [-0.25, -0.2) is 0 Å². The summed E-state index contributed by atoms with van der Waals surface area (Å²) in [6, 6.07) is 5.00. The standard InChI is InChI=1S/C12H19N3O2/c1-12(2,7-16)15(3)10-8(11(14)17)5-4-6-9(10)13/h4-6,16H,7,13H2,1-3H3,(H2,14,17). The van der Waals surface area contributed by atoms with Gasteiger partial charge >= 0.3 is 0 Å². The number of hydrogen-bond acceptors (Lipinski definition) is 4. The fraction of sp³-hybridized carbons (Fsp3) is 0.417. The maximum absolute atomic E-state index is 11.4. The van der Waals surface area contributed by atoms with Crippen LogP contribution in [0.2, 0.25) is 0 Å². The summed E-state index contributed by atoms with van der Waals surface area (Å²) in [6.07, 6.45) is 0. The van der Waals surface area contributed by atoms with Crippen molar-refractivity contribution in [2.45, 2.75) is 19.4 Å². The second-order valence-electron chi connectivity index (χ2n) is 4.64. The van der Waals surface area contributed by atoms with Crippen molar-refractivity contribution in [2.75, 3.05) is 24.3 Å². The zero-order valence-electron chi connectivity index (χ0n) is 10.4. The highest BCUT2D eigenvalue weighted by Gasteiger charge is 2.27. The van der Waals surface area contributed by atoms with E-state index in [0.717, 1.165) is 0 Å². The number of carbonyl (C=O) groups excluding carboxylic acids is 1. The molecule has 0 saturated heterocycles. The minimum atomic E-state index is -0.534. The molecule has 0 fully saturated rings. The lowest BCUT2D eigenvalue weighted by Gasteiger charge is -2.37. The Hall–Kier alpha value is -1.75. The highest BCUT2D eigenvalue weighted by molar-refractivity contribution is 6.01. The van der Waals surface area contributed by atoms with Gasteiger partial charge in [-0.15, -0.1) is 0 Å². The lowest BCUT2D eigenvalue weighted by molar-refractivity contribution is 0.100. The van der Waals surface area contributed by atoms with Gasteiger partial charge in [0.15, 0.2) is 0 Å². The van der Waals surface area contributed by atoms with Crippen molar-refractivity contribution in [1.82, 2.24) is 0 Å². The Morgan fingerprint density at radius 2 is 2.06 bits per heavy atom. The van der Waals surface area contributed by atoms with Gasteiger partial charge < -0.3 is 21.5 Å². The molecule has 1 amide bonds. The smallest absolute Gasteiger partial charge is 0.250 e. The van der Waals surface area contributed by atoms with Crippen LogP contribution in [0.15, 0.2) is 18.2 Å². The van der Waals surface area contributed by atoms with Crippen LogP contribution in [0.4, 0.5) is 11.4 Å². The minimum Gasteiger partial charge on any atom is -0.397 e. The number of aliphatic hydroxyl groups is 1. The molecule has 5 heteroatoms. The number of anilines is 2. The Bertz CT molecular complexity index is 430. The number of likely N-dealkylation sites (N-methyl/N-ethyl adjacent to an activating group) is 1. The van der Waals surface area contributed by atoms with Crippen LogP contribution >= 0.6 is 0 Å². The van der Waals surface area contributed by atoms with Crippen molar-refractivity contribution in [3.63, 3.8) is 0 Å². The van der Waals surface area contributed by atoms with E-state index in [9.17, 15) is 9.90 Å². The van der Waals surface area contributed by atoms with E-state index in [-0.39, 0.29) is 6.61 Å². The van der Waals surface area contributed by atoms with Crippen molar-refractivity contribution >= 4 is 17.3 Å². The number of rotatable bonds is 4. The molecule has 0 saturated carbocycles. The summed E-state index contributed by atoms with van der Waals surface area (Å²) in [5, 5.41) is 9.35. The normalized spacial score (nSPS) is 11.3. The highest BCUT2D eigenvalue weighted by atomic mass is 16.3. The fourth-order valence-electron chi connectivity index (χ4n) is 1.54. The average Bonchev–Trinajstić information content (AvgIpc) is 2.27. The molecule has 0 spiro atoms. The van der Waals surface area contributed by atoms with E-state index in [1.54, 1.807) is 30.1 Å². The van der Waals surface area contributed by atoms with Crippen molar-refractivity contribution < 1.29 is 9.90 Å². The van der Waals surface area contributed by atoms with Gasteiger partial charge in [0.25, 0.3) is 5.91 Å². The molecule has 0 bridgehead atoms. The number of para-hydroxylation sites is 1. The zero-order valence-corrected chi connectivity index (χ0v) is 10.4. The number of benzene rings is 1. The molecule has 5 N–H and O–H groups in total. The van der Waals surface area contributed by atoms with Gasteiger partial charge in [-0.2, -0.15) is 0 Å². The summed E-state index contributed by atoms with van der Waals surface area (Å²) in [5.74, 6) is -0.534. The molecule has 0 radical (unpaired) electrons. The number of nitrogen functional groups attached to an aromatic ring is 1. The van der Waals surface area contributed by atoms with Crippen LogP contribution in [0.1, 0.15) is 24.2 Å². The lowest BCUT2D eigenvalue weighted by atomic mass is 10.0. The van der Waals surface area contributed by atoms with Crippen LogP contribution in [0, 0.1) is 0 Å². The third kappa shape index (κ3) is 2.50. The summed E-state index contributed by atoms with van der Waals surface area (Å²) in [4.78, 5) is 13.1. The van der Waals surface area contributed by atoms with Crippen molar-refractivity contribution in [1.29, 1.82) is 0 Å². The van der Waals surface area contributed by atoms with E-state index < -0.39 is 11.4 Å². The van der Waals surface area contributed by atoms with E-state index in [2.05, 4.69) is 0 Å². The predicted molar refractivity (Wildman–Crippen MR) is 68.9 cm³/mol. The fourth-order valence-corrected chi connectivity index (χ4v) is 1.54. The molecule has 0 heterocycles. The van der Waals surface area contributed by atoms with Gasteiger partial charge in [0.2, 0.25) is 0 Å². The summed E-state index contributed by atoms with van der Waals surface area (Å²) in [7, 11) is 1.77. The largest absolute Gasteiger partial charge is 0.397 e. The summed E-state index contributed by atoms with van der Waals surface area (Å²) < 4.78 is 0. The van der Waals surface area contributed by atoms with Crippen LogP contribution in [-0.4, -0.2) is 30.2 Å². The van der Waals surface area contributed by atoms with Gasteiger partial charge in [-0.05, 0) is 26.0 Å². The molecule has 0 aromatic heterocycles. The Morgan fingerprint density at radius 3 is 2.53 bits per heavy atom. The van der Waals surface area contributed by atoms with Gasteiger partial charge in [0.05, 0.1) is 29.1 Å². The molecule has 1 aromatic rings. The first-order chi connectivity index (χ1) is 7.81. The number of nitrogens with two attached hydrogens (primary N) is 2. The first kappa shape index (κ1) is 13.3. The zero-order chi connectivity index (χ0) is 13.2. The maximum atomic E-state index is 11.4. The first-order valence-corrected chi connectivity index (χ1v) is 5.34. The van der Waals surface area contributed by atoms with Crippen LogP contribution in [0.5, 0.6) is 0 Å². The molecule has 0 aliphatic heterocycles. The monoisotopic (exact) mass is 237 g/mol. The summed E-state index contributed by atoms with van der Waals surface area (Å²) >= 11 is 0. The number of aliphatic hydroxyl groups excluding tert-OH is 1. The van der Waals surface area contributed by atoms with E-state index in [0.29, 0.717) is 16.9 Å². The predicted octanol–water partition coefficient (Wildman–Crippen LogP) is 0.575. The number of amides is 1. The van der Waals surface area contributed by atoms with E-state index in [1.807, 2.05) is 13.8 Å². The van der Waals surface area contributed by atoms with Gasteiger partial charge in [-0.1, -0.05) is 6.07 Å². The summed E-state index contributed by atoms with van der Waals surface area (Å²) in [6.45, 7) is 3.64. The van der Waals surface area contributed by atoms with Gasteiger partial charge in [0.1, 0.15) is 0 Å². The summed E-state index contributed by atoms with van der Waals surface area (Å²) in [5.41, 5.74) is 12.0. The second kappa shape index (κ2) is 4.63. The molecular formula is C12H19N3O2. The molecule has 17 heavy (non-hydrogen) atoms.